The van der Waals surface area contributed by atoms with Gasteiger partial charge in [0, 0.05) is 18.5 Å². The molecule has 0 amide bonds. The van der Waals surface area contributed by atoms with Crippen LogP contribution >= 0.6 is 0 Å². The van der Waals surface area contributed by atoms with Crippen LogP contribution in [0.15, 0.2) is 52.1 Å². The predicted octanol–water partition coefficient (Wildman–Crippen LogP) is 2.57. The van der Waals surface area contributed by atoms with Crippen LogP contribution in [0.2, 0.25) is 0 Å². The van der Waals surface area contributed by atoms with E-state index in [9.17, 15) is 5.11 Å². The van der Waals surface area contributed by atoms with E-state index < -0.39 is 5.60 Å². The molecule has 0 radical (unpaired) electrons. The Morgan fingerprint density at radius 2 is 2.16 bits per heavy atom. The van der Waals surface area contributed by atoms with Crippen LogP contribution in [-0.2, 0) is 5.60 Å². The number of rotatable bonds is 5. The van der Waals surface area contributed by atoms with E-state index in [0.717, 1.165) is 24.3 Å². The lowest BCUT2D eigenvalue weighted by atomic mass is 10.0. The quantitative estimate of drug-likeness (QED) is 0.574. The summed E-state index contributed by atoms with van der Waals surface area (Å²) >= 11 is 0. The number of hydrogen-bond acceptors (Lipinski definition) is 4. The molecule has 1 aliphatic heterocycles. The fourth-order valence-corrected chi connectivity index (χ4v) is 2.87. The molecule has 2 aromatic rings. The first-order chi connectivity index (χ1) is 12.1. The van der Waals surface area contributed by atoms with E-state index in [1.807, 2.05) is 25.1 Å². The average molecular weight is 343 g/mol. The fraction of sp³-hybridized carbons (Fsp3) is 0.421. The predicted molar refractivity (Wildman–Crippen MR) is 96.7 cm³/mol. The summed E-state index contributed by atoms with van der Waals surface area (Å²) in [5.41, 5.74) is -0.0310. The molecule has 1 aliphatic rings. The van der Waals surface area contributed by atoms with Crippen molar-refractivity contribution in [1.29, 1.82) is 0 Å². The number of para-hydroxylation sites is 1. The molecule has 0 spiro atoms. The summed E-state index contributed by atoms with van der Waals surface area (Å²) in [6, 6.07) is 11.7. The molecule has 0 aliphatic carbocycles. The molecule has 1 aromatic carbocycles. The number of nitrogens with one attached hydrogen (secondary N) is 2. The van der Waals surface area contributed by atoms with Gasteiger partial charge in [-0.25, -0.2) is 4.99 Å². The third-order valence-electron chi connectivity index (χ3n) is 4.21. The van der Waals surface area contributed by atoms with Gasteiger partial charge in [-0.15, -0.1) is 0 Å². The molecule has 6 heteroatoms. The number of benzene rings is 1. The molecule has 2 unspecified atom stereocenters. The largest absolute Gasteiger partial charge is 0.493 e. The summed E-state index contributed by atoms with van der Waals surface area (Å²) in [5, 5.41) is 17.3. The first-order valence-electron chi connectivity index (χ1n) is 8.63. The SMILES string of the molecule is CCNC(=NCC(C)(O)c1ccco1)NC1CCOc2ccccc21. The third kappa shape index (κ3) is 4.14. The van der Waals surface area contributed by atoms with Crippen molar-refractivity contribution >= 4 is 5.96 Å². The average Bonchev–Trinajstić information content (AvgIpc) is 3.16. The lowest BCUT2D eigenvalue weighted by Crippen LogP contribution is -2.42. The maximum atomic E-state index is 10.6. The molecule has 2 atom stereocenters. The summed E-state index contributed by atoms with van der Waals surface area (Å²) in [4.78, 5) is 4.55. The van der Waals surface area contributed by atoms with Gasteiger partial charge in [-0.2, -0.15) is 0 Å². The Balaban J connectivity index is 1.74. The normalized spacial score (nSPS) is 19.5. The van der Waals surface area contributed by atoms with E-state index >= 15 is 0 Å². The van der Waals surface area contributed by atoms with Crippen LogP contribution in [0, 0.1) is 0 Å². The van der Waals surface area contributed by atoms with E-state index in [4.69, 9.17) is 9.15 Å². The maximum Gasteiger partial charge on any atom is 0.191 e. The highest BCUT2D eigenvalue weighted by Gasteiger charge is 2.27. The molecule has 6 nitrogen and oxygen atoms in total. The van der Waals surface area contributed by atoms with Crippen molar-refractivity contribution in [1.82, 2.24) is 10.6 Å². The smallest absolute Gasteiger partial charge is 0.191 e. The van der Waals surface area contributed by atoms with Crippen LogP contribution in [0.5, 0.6) is 5.75 Å². The fourth-order valence-electron chi connectivity index (χ4n) is 2.87. The minimum Gasteiger partial charge on any atom is -0.493 e. The summed E-state index contributed by atoms with van der Waals surface area (Å²) < 4.78 is 11.0. The van der Waals surface area contributed by atoms with Gasteiger partial charge in [-0.1, -0.05) is 18.2 Å². The van der Waals surface area contributed by atoms with Gasteiger partial charge in [0.1, 0.15) is 17.1 Å². The minimum atomic E-state index is -1.15. The van der Waals surface area contributed by atoms with Crippen molar-refractivity contribution in [2.24, 2.45) is 4.99 Å². The van der Waals surface area contributed by atoms with Crippen molar-refractivity contribution in [3.8, 4) is 5.75 Å². The van der Waals surface area contributed by atoms with Gasteiger partial charge in [0.15, 0.2) is 5.96 Å². The molecule has 25 heavy (non-hydrogen) atoms. The zero-order valence-electron chi connectivity index (χ0n) is 14.7. The topological polar surface area (TPSA) is 79.0 Å². The maximum absolute atomic E-state index is 10.6. The standard InChI is InChI=1S/C19H25N3O3/c1-3-20-18(21-13-19(2,23)17-9-6-11-25-17)22-15-10-12-24-16-8-5-4-7-14(15)16/h4-9,11,15,23H,3,10,12-13H2,1-2H3,(H2,20,21,22). The Hall–Kier alpha value is -2.47. The molecule has 0 saturated carbocycles. The van der Waals surface area contributed by atoms with Crippen LogP contribution in [0.1, 0.15) is 37.6 Å². The Morgan fingerprint density at radius 1 is 1.32 bits per heavy atom. The van der Waals surface area contributed by atoms with E-state index in [0.29, 0.717) is 18.3 Å². The first-order valence-corrected chi connectivity index (χ1v) is 8.63. The Morgan fingerprint density at radius 3 is 2.92 bits per heavy atom. The molecule has 3 rings (SSSR count). The van der Waals surface area contributed by atoms with Crippen molar-refractivity contribution < 1.29 is 14.3 Å². The Kier molecular flexibility index (Phi) is 5.28. The molecule has 2 heterocycles. The van der Waals surface area contributed by atoms with Gasteiger partial charge in [0.2, 0.25) is 0 Å². The van der Waals surface area contributed by atoms with Crippen molar-refractivity contribution in [2.75, 3.05) is 19.7 Å². The summed E-state index contributed by atoms with van der Waals surface area (Å²) in [6.45, 7) is 5.31. The first kappa shape index (κ1) is 17.4. The number of ether oxygens (including phenoxy) is 1. The zero-order valence-corrected chi connectivity index (χ0v) is 14.7. The van der Waals surface area contributed by atoms with E-state index in [2.05, 4.69) is 21.7 Å². The minimum absolute atomic E-state index is 0.122. The van der Waals surface area contributed by atoms with Crippen LogP contribution in [0.25, 0.3) is 0 Å². The van der Waals surface area contributed by atoms with Crippen LogP contribution in [-0.4, -0.2) is 30.8 Å². The number of hydrogen-bond donors (Lipinski definition) is 3. The Labute approximate surface area is 147 Å². The van der Waals surface area contributed by atoms with Gasteiger partial charge in [0.05, 0.1) is 25.5 Å². The van der Waals surface area contributed by atoms with Crippen LogP contribution < -0.4 is 15.4 Å². The molecule has 0 saturated heterocycles. The van der Waals surface area contributed by atoms with E-state index in [-0.39, 0.29) is 12.6 Å². The molecule has 0 fully saturated rings. The highest BCUT2D eigenvalue weighted by molar-refractivity contribution is 5.80. The van der Waals surface area contributed by atoms with Crippen molar-refractivity contribution in [3.63, 3.8) is 0 Å². The number of fused-ring (bicyclic) bond motifs is 1. The molecular weight excluding hydrogens is 318 g/mol. The summed E-state index contributed by atoms with van der Waals surface area (Å²) in [7, 11) is 0. The molecular formula is C19H25N3O3. The van der Waals surface area contributed by atoms with Gasteiger partial charge < -0.3 is 24.9 Å². The van der Waals surface area contributed by atoms with Gasteiger partial charge >= 0.3 is 0 Å². The highest BCUT2D eigenvalue weighted by Crippen LogP contribution is 2.31. The van der Waals surface area contributed by atoms with Gasteiger partial charge in [-0.3, -0.25) is 0 Å². The second-order valence-electron chi connectivity index (χ2n) is 6.32. The van der Waals surface area contributed by atoms with Crippen LogP contribution in [0.3, 0.4) is 0 Å². The summed E-state index contributed by atoms with van der Waals surface area (Å²) in [6.07, 6.45) is 2.41. The van der Waals surface area contributed by atoms with Gasteiger partial charge in [0.25, 0.3) is 0 Å². The molecule has 3 N–H and O–H groups in total. The lowest BCUT2D eigenvalue weighted by molar-refractivity contribution is 0.0436. The second kappa shape index (κ2) is 7.61. The molecule has 134 valence electrons. The second-order valence-corrected chi connectivity index (χ2v) is 6.32. The van der Waals surface area contributed by atoms with Crippen molar-refractivity contribution in [3.05, 3.63) is 54.0 Å². The summed E-state index contributed by atoms with van der Waals surface area (Å²) in [5.74, 6) is 2.07. The highest BCUT2D eigenvalue weighted by atomic mass is 16.5. The van der Waals surface area contributed by atoms with E-state index in [1.165, 1.54) is 0 Å². The Bertz CT molecular complexity index is 710. The van der Waals surface area contributed by atoms with E-state index in [1.54, 1.807) is 25.3 Å². The number of guanidine groups is 1. The molecule has 1 aromatic heterocycles. The number of aliphatic imine (C=N–C) groups is 1. The monoisotopic (exact) mass is 343 g/mol. The van der Waals surface area contributed by atoms with Crippen molar-refractivity contribution in [2.45, 2.75) is 31.9 Å². The number of aliphatic hydroxyl groups is 1. The van der Waals surface area contributed by atoms with Gasteiger partial charge in [-0.05, 0) is 32.0 Å². The zero-order chi connectivity index (χ0) is 17.7. The molecule has 0 bridgehead atoms. The number of nitrogens with zero attached hydrogens (tertiary/aromatic N) is 1. The third-order valence-corrected chi connectivity index (χ3v) is 4.21. The lowest BCUT2D eigenvalue weighted by Gasteiger charge is -2.28. The van der Waals surface area contributed by atoms with Crippen LogP contribution in [0.4, 0.5) is 0 Å². The number of furan rings is 1.